The van der Waals surface area contributed by atoms with Crippen LogP contribution in [0.1, 0.15) is 0 Å². The molecular weight excluding hydrogens is 320 g/mol. The minimum Gasteiger partial charge on any atom is -0.493 e. The maximum absolute atomic E-state index is 11.5. The van der Waals surface area contributed by atoms with Crippen LogP contribution >= 0.6 is 0 Å². The standard InChI is InChI=1S/C18H18N4O3/c1-5-17(23)22-9-11(10-22)25-16-6-12-13(7-15(16)24-4)21-8-14(19-2)18(12)20-3/h5-8,11H,1,9-10H2,3-4H3,(H,20,21). The van der Waals surface area contributed by atoms with Crippen LogP contribution in [0.15, 0.2) is 31.0 Å². The first-order chi connectivity index (χ1) is 12.1. The monoisotopic (exact) mass is 338 g/mol. The lowest BCUT2D eigenvalue weighted by atomic mass is 10.1. The van der Waals surface area contributed by atoms with Gasteiger partial charge < -0.3 is 19.7 Å². The van der Waals surface area contributed by atoms with Gasteiger partial charge >= 0.3 is 0 Å². The number of hydrogen-bond acceptors (Lipinski definition) is 5. The molecule has 1 saturated heterocycles. The third-order valence-electron chi connectivity index (χ3n) is 4.13. The molecule has 2 heterocycles. The summed E-state index contributed by atoms with van der Waals surface area (Å²) in [7, 11) is 3.33. The van der Waals surface area contributed by atoms with Crippen molar-refractivity contribution in [1.82, 2.24) is 9.88 Å². The Kier molecular flexibility index (Phi) is 4.44. The van der Waals surface area contributed by atoms with E-state index in [4.69, 9.17) is 16.0 Å². The Morgan fingerprint density at radius 1 is 1.48 bits per heavy atom. The molecule has 128 valence electrons. The van der Waals surface area contributed by atoms with Gasteiger partial charge in [-0.2, -0.15) is 0 Å². The molecule has 7 heteroatoms. The summed E-state index contributed by atoms with van der Waals surface area (Å²) >= 11 is 0. The molecule has 1 amide bonds. The van der Waals surface area contributed by atoms with Crippen molar-refractivity contribution in [3.05, 3.63) is 42.4 Å². The fourth-order valence-electron chi connectivity index (χ4n) is 2.79. The zero-order valence-electron chi connectivity index (χ0n) is 14.1. The summed E-state index contributed by atoms with van der Waals surface area (Å²) in [5, 5.41) is 3.83. The number of fused-ring (bicyclic) bond motifs is 1. The quantitative estimate of drug-likeness (QED) is 0.670. The van der Waals surface area contributed by atoms with E-state index in [1.165, 1.54) is 12.3 Å². The molecule has 0 atom stereocenters. The molecule has 3 rings (SSSR count). The number of nitrogens with one attached hydrogen (secondary N) is 1. The number of methoxy groups -OCH3 is 1. The fraction of sp³-hybridized carbons (Fsp3) is 0.278. The molecule has 7 nitrogen and oxygen atoms in total. The molecule has 0 aliphatic carbocycles. The molecule has 1 aliphatic heterocycles. The number of rotatable bonds is 5. The summed E-state index contributed by atoms with van der Waals surface area (Å²) < 4.78 is 11.4. The van der Waals surface area contributed by atoms with Crippen molar-refractivity contribution >= 4 is 28.2 Å². The second kappa shape index (κ2) is 6.69. The molecule has 1 N–H and O–H groups in total. The predicted molar refractivity (Wildman–Crippen MR) is 95.3 cm³/mol. The smallest absolute Gasteiger partial charge is 0.246 e. The minimum atomic E-state index is -0.106. The van der Waals surface area contributed by atoms with Gasteiger partial charge in [-0.15, -0.1) is 0 Å². The highest BCUT2D eigenvalue weighted by molar-refractivity contribution is 5.99. The second-order valence-corrected chi connectivity index (χ2v) is 5.59. The number of carbonyl (C=O) groups is 1. The van der Waals surface area contributed by atoms with Gasteiger partial charge in [-0.1, -0.05) is 6.58 Å². The van der Waals surface area contributed by atoms with Crippen molar-refractivity contribution < 1.29 is 14.3 Å². The van der Waals surface area contributed by atoms with Crippen LogP contribution < -0.4 is 14.8 Å². The molecular formula is C18H18N4O3. The maximum Gasteiger partial charge on any atom is 0.246 e. The number of carbonyl (C=O) groups excluding carboxylic acids is 1. The molecule has 2 aromatic rings. The zero-order chi connectivity index (χ0) is 18.0. The van der Waals surface area contributed by atoms with Crippen LogP contribution in [0.3, 0.4) is 0 Å². The van der Waals surface area contributed by atoms with Gasteiger partial charge in [-0.05, 0) is 12.1 Å². The van der Waals surface area contributed by atoms with E-state index in [9.17, 15) is 4.79 Å². The number of ether oxygens (including phenoxy) is 2. The predicted octanol–water partition coefficient (Wildman–Crippen LogP) is 2.61. The van der Waals surface area contributed by atoms with E-state index in [1.54, 1.807) is 25.1 Å². The van der Waals surface area contributed by atoms with Crippen molar-refractivity contribution in [2.24, 2.45) is 0 Å². The first kappa shape index (κ1) is 16.6. The van der Waals surface area contributed by atoms with E-state index >= 15 is 0 Å². The number of likely N-dealkylation sites (tertiary alicyclic amines) is 1. The summed E-state index contributed by atoms with van der Waals surface area (Å²) in [6.45, 7) is 11.8. The van der Waals surface area contributed by atoms with Gasteiger partial charge in [-0.25, -0.2) is 4.85 Å². The molecule has 25 heavy (non-hydrogen) atoms. The Labute approximate surface area is 145 Å². The SMILES string of the molecule is [C-]#[N+]c1cnc2cc(OC)c(OC3CN(C(=O)C=C)C3)cc2c1NC. The second-order valence-electron chi connectivity index (χ2n) is 5.59. The van der Waals surface area contributed by atoms with Gasteiger partial charge in [0.2, 0.25) is 11.6 Å². The van der Waals surface area contributed by atoms with Crippen LogP contribution in [0.5, 0.6) is 11.5 Å². The minimum absolute atomic E-state index is 0.103. The molecule has 0 unspecified atom stereocenters. The topological polar surface area (TPSA) is 68.0 Å². The van der Waals surface area contributed by atoms with Crippen molar-refractivity contribution in [3.63, 3.8) is 0 Å². The molecule has 1 aromatic heterocycles. The van der Waals surface area contributed by atoms with Crippen molar-refractivity contribution in [2.75, 3.05) is 32.6 Å². The average Bonchev–Trinajstić information content (AvgIpc) is 2.61. The van der Waals surface area contributed by atoms with Crippen LogP contribution in [-0.4, -0.2) is 49.1 Å². The Morgan fingerprint density at radius 2 is 2.24 bits per heavy atom. The number of benzene rings is 1. The first-order valence-electron chi connectivity index (χ1n) is 7.75. The summed E-state index contributed by atoms with van der Waals surface area (Å²) in [5.41, 5.74) is 1.85. The van der Waals surface area contributed by atoms with Crippen LogP contribution in [-0.2, 0) is 4.79 Å². The van der Waals surface area contributed by atoms with Gasteiger partial charge in [0.05, 0.1) is 38.0 Å². The molecule has 1 fully saturated rings. The van der Waals surface area contributed by atoms with Crippen LogP contribution in [0.4, 0.5) is 11.4 Å². The number of anilines is 1. The Balaban J connectivity index is 1.93. The molecule has 0 saturated carbocycles. The van der Waals surface area contributed by atoms with E-state index in [0.717, 1.165) is 5.39 Å². The van der Waals surface area contributed by atoms with E-state index in [-0.39, 0.29) is 12.0 Å². The summed E-state index contributed by atoms with van der Waals surface area (Å²) in [6.07, 6.45) is 2.72. The summed E-state index contributed by atoms with van der Waals surface area (Å²) in [6, 6.07) is 3.60. The molecule has 1 aliphatic rings. The van der Waals surface area contributed by atoms with Gasteiger partial charge in [-0.3, -0.25) is 9.78 Å². The lowest BCUT2D eigenvalue weighted by Gasteiger charge is -2.38. The number of hydrogen-bond donors (Lipinski definition) is 1. The Hall–Kier alpha value is -3.27. The van der Waals surface area contributed by atoms with Gasteiger partial charge in [0.15, 0.2) is 11.5 Å². The maximum atomic E-state index is 11.5. The summed E-state index contributed by atoms with van der Waals surface area (Å²) in [4.78, 5) is 21.0. The normalized spacial score (nSPS) is 13.7. The van der Waals surface area contributed by atoms with Crippen molar-refractivity contribution in [3.8, 4) is 11.5 Å². The number of amides is 1. The van der Waals surface area contributed by atoms with E-state index < -0.39 is 0 Å². The molecule has 1 aromatic carbocycles. The van der Waals surface area contributed by atoms with Crippen LogP contribution in [0, 0.1) is 6.57 Å². The van der Waals surface area contributed by atoms with Crippen molar-refractivity contribution in [2.45, 2.75) is 6.10 Å². The third-order valence-corrected chi connectivity index (χ3v) is 4.13. The number of nitrogens with zero attached hydrogens (tertiary/aromatic N) is 3. The first-order valence-corrected chi connectivity index (χ1v) is 7.75. The lowest BCUT2D eigenvalue weighted by molar-refractivity contribution is -0.134. The van der Waals surface area contributed by atoms with Crippen LogP contribution in [0.2, 0.25) is 0 Å². The molecule has 0 bridgehead atoms. The Bertz CT molecular complexity index is 882. The zero-order valence-corrected chi connectivity index (χ0v) is 14.1. The van der Waals surface area contributed by atoms with Crippen LogP contribution in [0.25, 0.3) is 15.7 Å². The fourth-order valence-corrected chi connectivity index (χ4v) is 2.79. The third kappa shape index (κ3) is 2.94. The highest BCUT2D eigenvalue weighted by Gasteiger charge is 2.31. The lowest BCUT2D eigenvalue weighted by Crippen LogP contribution is -2.55. The molecule has 0 radical (unpaired) electrons. The molecule has 0 spiro atoms. The Morgan fingerprint density at radius 3 is 2.84 bits per heavy atom. The number of pyridine rings is 1. The highest BCUT2D eigenvalue weighted by atomic mass is 16.5. The van der Waals surface area contributed by atoms with Gasteiger partial charge in [0.25, 0.3) is 0 Å². The number of aromatic nitrogens is 1. The van der Waals surface area contributed by atoms with Gasteiger partial charge in [0, 0.05) is 24.7 Å². The van der Waals surface area contributed by atoms with Gasteiger partial charge in [0.1, 0.15) is 6.10 Å². The average molecular weight is 338 g/mol. The van der Waals surface area contributed by atoms with Crippen molar-refractivity contribution in [1.29, 1.82) is 0 Å². The largest absolute Gasteiger partial charge is 0.493 e. The van der Waals surface area contributed by atoms with E-state index in [1.807, 2.05) is 6.07 Å². The van der Waals surface area contributed by atoms with E-state index in [2.05, 4.69) is 21.7 Å². The van der Waals surface area contributed by atoms with E-state index in [0.29, 0.717) is 41.5 Å². The summed E-state index contributed by atoms with van der Waals surface area (Å²) in [5.74, 6) is 1.02. The highest BCUT2D eigenvalue weighted by Crippen LogP contribution is 2.39.